The molecule has 0 saturated carbocycles. The van der Waals surface area contributed by atoms with E-state index in [4.69, 9.17) is 16.3 Å². The molecule has 1 unspecified atom stereocenters. The number of carbonyl (C=O) groups is 1. The molecule has 140 valence electrons. The fourth-order valence-corrected chi connectivity index (χ4v) is 7.00. The number of carbonyl (C=O) groups excluding carboxylic acids is 1. The van der Waals surface area contributed by atoms with Gasteiger partial charge in [-0.25, -0.2) is 4.79 Å². The highest BCUT2D eigenvalue weighted by molar-refractivity contribution is 7.99. The number of aliphatic hydroxyl groups is 1. The van der Waals surface area contributed by atoms with Crippen LogP contribution in [0.25, 0.3) is 0 Å². The number of aliphatic hydroxyl groups excluding tert-OH is 1. The monoisotopic (exact) mass is 400 g/mol. The van der Waals surface area contributed by atoms with Crippen molar-refractivity contribution in [3.8, 4) is 0 Å². The molecule has 0 bridgehead atoms. The maximum atomic E-state index is 12.0. The summed E-state index contributed by atoms with van der Waals surface area (Å²) in [5, 5.41) is 11.7. The van der Waals surface area contributed by atoms with Crippen molar-refractivity contribution >= 4 is 37.4 Å². The highest BCUT2D eigenvalue weighted by Crippen LogP contribution is 2.33. The molecule has 0 radical (unpaired) electrons. The van der Waals surface area contributed by atoms with Crippen LogP contribution in [-0.4, -0.2) is 37.6 Å². The topological polar surface area (TPSA) is 46.5 Å². The van der Waals surface area contributed by atoms with Crippen LogP contribution in [0, 0.1) is 20.8 Å². The Morgan fingerprint density at radius 2 is 1.76 bits per heavy atom. The summed E-state index contributed by atoms with van der Waals surface area (Å²) in [7, 11) is -2.00. The van der Waals surface area contributed by atoms with E-state index in [-0.39, 0.29) is 6.61 Å². The summed E-state index contributed by atoms with van der Waals surface area (Å²) >= 11 is 8.23. The molecule has 6 heteroatoms. The van der Waals surface area contributed by atoms with Crippen LogP contribution in [0.3, 0.4) is 0 Å². The fraction of sp³-hybridized carbons (Fsp3) is 0.526. The number of esters is 1. The predicted molar refractivity (Wildman–Crippen MR) is 110 cm³/mol. The van der Waals surface area contributed by atoms with Crippen molar-refractivity contribution in [1.29, 1.82) is 0 Å². The Balaban J connectivity index is 3.12. The molecule has 1 atom stereocenters. The first kappa shape index (κ1) is 22.3. The number of benzene rings is 1. The van der Waals surface area contributed by atoms with Crippen molar-refractivity contribution in [2.45, 2.75) is 58.3 Å². The lowest BCUT2D eigenvalue weighted by molar-refractivity contribution is -0.150. The van der Waals surface area contributed by atoms with Gasteiger partial charge in [0.25, 0.3) is 0 Å². The molecule has 1 rings (SSSR count). The van der Waals surface area contributed by atoms with Gasteiger partial charge in [-0.3, -0.25) is 0 Å². The second-order valence-electron chi connectivity index (χ2n) is 7.24. The van der Waals surface area contributed by atoms with Gasteiger partial charge >= 0.3 is 5.97 Å². The first-order chi connectivity index (χ1) is 11.5. The van der Waals surface area contributed by atoms with Crippen LogP contribution < -0.4 is 0 Å². The van der Waals surface area contributed by atoms with Gasteiger partial charge in [0.2, 0.25) is 0 Å². The zero-order chi connectivity index (χ0) is 19.4. The van der Waals surface area contributed by atoms with E-state index in [1.165, 1.54) is 21.6 Å². The molecular formula is C19H29ClO3SSi. The molecule has 1 aromatic rings. The third-order valence-corrected chi connectivity index (χ3v) is 8.04. The third kappa shape index (κ3) is 6.17. The van der Waals surface area contributed by atoms with Crippen LogP contribution >= 0.6 is 23.4 Å². The van der Waals surface area contributed by atoms with Gasteiger partial charge in [0, 0.05) is 15.7 Å². The predicted octanol–water partition coefficient (Wildman–Crippen LogP) is 5.00. The fourth-order valence-electron chi connectivity index (χ4n) is 2.91. The molecule has 0 aliphatic heterocycles. The maximum Gasteiger partial charge on any atom is 0.338 e. The first-order valence-corrected chi connectivity index (χ1v) is 13.3. The molecule has 0 fully saturated rings. The second-order valence-corrected chi connectivity index (χ2v) is 13.7. The van der Waals surface area contributed by atoms with E-state index < -0.39 is 20.1 Å². The lowest BCUT2D eigenvalue weighted by Crippen LogP contribution is -2.38. The van der Waals surface area contributed by atoms with Gasteiger partial charge in [0.15, 0.2) is 6.10 Å². The van der Waals surface area contributed by atoms with Crippen LogP contribution in [0.4, 0.5) is 0 Å². The van der Waals surface area contributed by atoms with E-state index in [0.717, 1.165) is 0 Å². The minimum absolute atomic E-state index is 0.239. The average Bonchev–Trinajstić information content (AvgIpc) is 2.44. The first-order valence-electron chi connectivity index (χ1n) is 8.43. The lowest BCUT2D eigenvalue weighted by Gasteiger charge is -2.26. The van der Waals surface area contributed by atoms with Crippen LogP contribution in [0.15, 0.2) is 27.3 Å². The van der Waals surface area contributed by atoms with E-state index in [2.05, 4.69) is 52.5 Å². The molecule has 0 saturated heterocycles. The molecule has 0 amide bonds. The van der Waals surface area contributed by atoms with Crippen LogP contribution in [0.2, 0.25) is 19.6 Å². The highest BCUT2D eigenvalue weighted by atomic mass is 35.5. The number of ether oxygens (including phenoxy) is 1. The molecule has 0 aliphatic carbocycles. The molecule has 0 aliphatic rings. The molecule has 25 heavy (non-hydrogen) atoms. The Hall–Kier alpha value is -0.753. The Bertz CT molecular complexity index is 642. The normalized spacial score (nSPS) is 14.1. The summed E-state index contributed by atoms with van der Waals surface area (Å²) in [5.41, 5.74) is 3.67. The van der Waals surface area contributed by atoms with Crippen LogP contribution in [0.5, 0.6) is 0 Å². The van der Waals surface area contributed by atoms with Gasteiger partial charge in [0.05, 0.1) is 14.7 Å². The van der Waals surface area contributed by atoms with E-state index in [1.54, 1.807) is 18.7 Å². The smallest absolute Gasteiger partial charge is 0.338 e. The summed E-state index contributed by atoms with van der Waals surface area (Å²) in [5.74, 6) is -0.0895. The lowest BCUT2D eigenvalue weighted by atomic mass is 10.1. The quantitative estimate of drug-likeness (QED) is 0.397. The molecule has 0 heterocycles. The van der Waals surface area contributed by atoms with Crippen molar-refractivity contribution in [1.82, 2.24) is 0 Å². The summed E-state index contributed by atoms with van der Waals surface area (Å²) < 4.78 is 4.98. The van der Waals surface area contributed by atoms with Crippen molar-refractivity contribution in [3.63, 3.8) is 0 Å². The SMILES string of the molecule is CCOC(=O)C(O)/C(=C(\Cl)CSc1c(C)cc(C)cc1C)[Si](C)(C)C. The Morgan fingerprint density at radius 3 is 2.20 bits per heavy atom. The largest absolute Gasteiger partial charge is 0.464 e. The van der Waals surface area contributed by atoms with Gasteiger partial charge in [-0.15, -0.1) is 11.8 Å². The molecule has 0 aromatic heterocycles. The van der Waals surface area contributed by atoms with Crippen LogP contribution in [-0.2, 0) is 9.53 Å². The number of hydrogen-bond acceptors (Lipinski definition) is 4. The molecule has 1 aromatic carbocycles. The summed E-state index contributed by atoms with van der Waals surface area (Å²) in [6.07, 6.45) is -1.28. The zero-order valence-corrected chi connectivity index (χ0v) is 18.8. The van der Waals surface area contributed by atoms with Crippen molar-refractivity contribution < 1.29 is 14.6 Å². The number of aryl methyl sites for hydroxylation is 3. The standard InChI is InChI=1S/C19H29ClO3SSi/c1-8-23-19(22)16(21)18(25(5,6)7)15(20)11-24-17-13(3)9-12(2)10-14(17)4/h9-10,16,21H,8,11H2,1-7H3/b18-15+. The minimum Gasteiger partial charge on any atom is -0.464 e. The average molecular weight is 401 g/mol. The van der Waals surface area contributed by atoms with E-state index in [0.29, 0.717) is 16.0 Å². The molecule has 0 spiro atoms. The maximum absolute atomic E-state index is 12.0. The van der Waals surface area contributed by atoms with Crippen molar-refractivity contribution in [3.05, 3.63) is 39.1 Å². The summed E-state index contributed by atoms with van der Waals surface area (Å²) in [6, 6.07) is 4.31. The molecule has 3 nitrogen and oxygen atoms in total. The third-order valence-electron chi connectivity index (χ3n) is 3.83. The van der Waals surface area contributed by atoms with E-state index >= 15 is 0 Å². The van der Waals surface area contributed by atoms with Gasteiger partial charge in [-0.05, 0) is 44.0 Å². The van der Waals surface area contributed by atoms with E-state index in [9.17, 15) is 9.90 Å². The van der Waals surface area contributed by atoms with Gasteiger partial charge in [0.1, 0.15) is 0 Å². The van der Waals surface area contributed by atoms with Gasteiger partial charge in [-0.2, -0.15) is 0 Å². The number of thioether (sulfide) groups is 1. The van der Waals surface area contributed by atoms with Crippen molar-refractivity contribution in [2.75, 3.05) is 12.4 Å². The number of hydrogen-bond donors (Lipinski definition) is 1. The minimum atomic E-state index is -2.00. The Labute approximate surface area is 161 Å². The zero-order valence-electron chi connectivity index (χ0n) is 16.2. The second kappa shape index (κ2) is 9.26. The van der Waals surface area contributed by atoms with Crippen LogP contribution in [0.1, 0.15) is 23.6 Å². The number of halogens is 1. The Kier molecular flexibility index (Phi) is 8.26. The Morgan fingerprint density at radius 1 is 1.24 bits per heavy atom. The summed E-state index contributed by atoms with van der Waals surface area (Å²) in [6.45, 7) is 14.4. The van der Waals surface area contributed by atoms with Gasteiger partial charge < -0.3 is 9.84 Å². The van der Waals surface area contributed by atoms with Crippen molar-refractivity contribution in [2.24, 2.45) is 0 Å². The highest BCUT2D eigenvalue weighted by Gasteiger charge is 2.33. The summed E-state index contributed by atoms with van der Waals surface area (Å²) in [4.78, 5) is 13.2. The van der Waals surface area contributed by atoms with E-state index in [1.807, 2.05) is 0 Å². The molecule has 1 N–H and O–H groups in total. The molecular weight excluding hydrogens is 372 g/mol. The number of rotatable bonds is 7. The van der Waals surface area contributed by atoms with Gasteiger partial charge in [-0.1, -0.05) is 48.9 Å².